The minimum absolute atomic E-state index is 0.0700. The Kier molecular flexibility index (Phi) is 4.45. The third kappa shape index (κ3) is 2.79. The minimum Gasteiger partial charge on any atom is -0.478 e. The number of nitrogens with one attached hydrogen (secondary N) is 1. The zero-order chi connectivity index (χ0) is 18.8. The molecule has 1 heterocycles. The highest BCUT2D eigenvalue weighted by molar-refractivity contribution is 6.13. The molecule has 4 N–H and O–H groups in total. The summed E-state index contributed by atoms with van der Waals surface area (Å²) in [6.45, 7) is 2.16. The van der Waals surface area contributed by atoms with Crippen LogP contribution in [0.15, 0.2) is 53.3 Å². The number of fused-ring (bicyclic) bond motifs is 1. The summed E-state index contributed by atoms with van der Waals surface area (Å²) >= 11 is 0. The molecule has 0 radical (unpaired) electrons. The van der Waals surface area contributed by atoms with Gasteiger partial charge in [0.25, 0.3) is 11.5 Å². The molecule has 1 aromatic heterocycles. The lowest BCUT2D eigenvalue weighted by Crippen LogP contribution is -2.31. The second kappa shape index (κ2) is 6.72. The van der Waals surface area contributed by atoms with Gasteiger partial charge < -0.3 is 20.7 Å². The molecule has 7 nitrogen and oxygen atoms in total. The van der Waals surface area contributed by atoms with Gasteiger partial charge >= 0.3 is 5.97 Å². The molecule has 7 heteroatoms. The smallest absolute Gasteiger partial charge is 0.337 e. The van der Waals surface area contributed by atoms with Crippen LogP contribution in [0.3, 0.4) is 0 Å². The van der Waals surface area contributed by atoms with Crippen molar-refractivity contribution in [2.75, 3.05) is 11.1 Å². The normalized spacial score (nSPS) is 10.7. The standard InChI is InChI=1S/C19H17N3O4/c1-2-22-14-10-6-4-8-12(14)16(20)15(18(22)24)17(23)21-13-9-5-3-7-11(13)19(25)26/h3-10H,2,20H2,1H3,(H,21,23)(H,25,26). The van der Waals surface area contributed by atoms with E-state index in [0.717, 1.165) is 0 Å². The summed E-state index contributed by atoms with van der Waals surface area (Å²) in [4.78, 5) is 36.8. The molecule has 0 aliphatic rings. The number of carbonyl (C=O) groups is 2. The Morgan fingerprint density at radius 2 is 1.77 bits per heavy atom. The van der Waals surface area contributed by atoms with Crippen molar-refractivity contribution in [3.63, 3.8) is 0 Å². The van der Waals surface area contributed by atoms with Crippen LogP contribution in [0.1, 0.15) is 27.6 Å². The van der Waals surface area contributed by atoms with Crippen molar-refractivity contribution in [1.82, 2.24) is 4.57 Å². The van der Waals surface area contributed by atoms with E-state index in [0.29, 0.717) is 17.4 Å². The number of anilines is 2. The number of nitrogens with two attached hydrogens (primary N) is 1. The number of nitrogen functional groups attached to an aromatic ring is 1. The van der Waals surface area contributed by atoms with E-state index in [1.807, 2.05) is 0 Å². The number of aromatic nitrogens is 1. The number of aryl methyl sites for hydroxylation is 1. The highest BCUT2D eigenvalue weighted by Crippen LogP contribution is 2.24. The van der Waals surface area contributed by atoms with Gasteiger partial charge in [0.05, 0.1) is 22.5 Å². The molecule has 3 aromatic rings. The van der Waals surface area contributed by atoms with E-state index in [1.165, 1.54) is 16.7 Å². The molecule has 0 aliphatic heterocycles. The molecular formula is C19H17N3O4. The Bertz CT molecular complexity index is 1090. The van der Waals surface area contributed by atoms with Crippen molar-refractivity contribution in [1.29, 1.82) is 0 Å². The number of hydrogen-bond acceptors (Lipinski definition) is 4. The van der Waals surface area contributed by atoms with E-state index in [2.05, 4.69) is 5.32 Å². The number of aromatic carboxylic acids is 1. The SMILES string of the molecule is CCn1c(=O)c(C(=O)Nc2ccccc2C(=O)O)c(N)c2ccccc21. The lowest BCUT2D eigenvalue weighted by molar-refractivity contribution is 0.0698. The fraction of sp³-hybridized carbons (Fsp3) is 0.105. The van der Waals surface area contributed by atoms with Gasteiger partial charge in [-0.05, 0) is 25.1 Å². The molecule has 0 fully saturated rings. The van der Waals surface area contributed by atoms with Crippen LogP contribution in [-0.4, -0.2) is 21.6 Å². The van der Waals surface area contributed by atoms with Gasteiger partial charge in [0.1, 0.15) is 5.56 Å². The zero-order valence-electron chi connectivity index (χ0n) is 14.0. The molecule has 132 valence electrons. The fourth-order valence-corrected chi connectivity index (χ4v) is 2.93. The lowest BCUT2D eigenvalue weighted by atomic mass is 10.1. The molecular weight excluding hydrogens is 334 g/mol. The molecule has 0 bridgehead atoms. The van der Waals surface area contributed by atoms with E-state index in [-0.39, 0.29) is 22.5 Å². The summed E-state index contributed by atoms with van der Waals surface area (Å²) in [5.74, 6) is -1.92. The molecule has 0 saturated carbocycles. The van der Waals surface area contributed by atoms with Gasteiger partial charge in [-0.15, -0.1) is 0 Å². The van der Waals surface area contributed by atoms with Crippen LogP contribution in [0.4, 0.5) is 11.4 Å². The van der Waals surface area contributed by atoms with Gasteiger partial charge in [0.15, 0.2) is 0 Å². The number of carboxylic acids is 1. The lowest BCUT2D eigenvalue weighted by Gasteiger charge is -2.15. The number of hydrogen-bond donors (Lipinski definition) is 3. The van der Waals surface area contributed by atoms with Gasteiger partial charge in [0.2, 0.25) is 0 Å². The fourth-order valence-electron chi connectivity index (χ4n) is 2.93. The van der Waals surface area contributed by atoms with E-state index >= 15 is 0 Å². The van der Waals surface area contributed by atoms with Gasteiger partial charge in [0, 0.05) is 11.9 Å². The van der Waals surface area contributed by atoms with Crippen molar-refractivity contribution in [2.45, 2.75) is 13.5 Å². The Hall–Kier alpha value is -3.61. The number of para-hydroxylation sites is 2. The number of carbonyl (C=O) groups excluding carboxylic acids is 1. The summed E-state index contributed by atoms with van der Waals surface area (Å²) in [7, 11) is 0. The summed E-state index contributed by atoms with van der Waals surface area (Å²) in [5, 5.41) is 12.3. The van der Waals surface area contributed by atoms with Crippen LogP contribution in [0.5, 0.6) is 0 Å². The van der Waals surface area contributed by atoms with Crippen molar-refractivity contribution < 1.29 is 14.7 Å². The second-order valence-electron chi connectivity index (χ2n) is 5.66. The molecule has 0 aliphatic carbocycles. The number of amides is 1. The predicted octanol–water partition coefficient (Wildman–Crippen LogP) is 2.55. The van der Waals surface area contributed by atoms with Crippen molar-refractivity contribution in [3.8, 4) is 0 Å². The Morgan fingerprint density at radius 3 is 2.46 bits per heavy atom. The summed E-state index contributed by atoms with van der Waals surface area (Å²) < 4.78 is 1.46. The van der Waals surface area contributed by atoms with Crippen molar-refractivity contribution in [2.24, 2.45) is 0 Å². The first-order valence-corrected chi connectivity index (χ1v) is 8.00. The highest BCUT2D eigenvalue weighted by Gasteiger charge is 2.21. The third-order valence-corrected chi connectivity index (χ3v) is 4.16. The quantitative estimate of drug-likeness (QED) is 0.668. The second-order valence-corrected chi connectivity index (χ2v) is 5.66. The summed E-state index contributed by atoms with van der Waals surface area (Å²) in [6, 6.07) is 13.0. The average molecular weight is 351 g/mol. The van der Waals surface area contributed by atoms with E-state index in [4.69, 9.17) is 5.73 Å². The van der Waals surface area contributed by atoms with E-state index in [1.54, 1.807) is 43.3 Å². The van der Waals surface area contributed by atoms with Gasteiger partial charge in [-0.3, -0.25) is 9.59 Å². The zero-order valence-corrected chi connectivity index (χ0v) is 14.0. The van der Waals surface area contributed by atoms with Crippen molar-refractivity contribution in [3.05, 3.63) is 70.0 Å². The number of rotatable bonds is 4. The van der Waals surface area contributed by atoms with Crippen molar-refractivity contribution >= 4 is 34.2 Å². The van der Waals surface area contributed by atoms with E-state index < -0.39 is 17.4 Å². The van der Waals surface area contributed by atoms with Crippen LogP contribution in [0.25, 0.3) is 10.9 Å². The van der Waals surface area contributed by atoms with Gasteiger partial charge in [-0.25, -0.2) is 4.79 Å². The number of benzene rings is 2. The van der Waals surface area contributed by atoms with Gasteiger partial charge in [-0.1, -0.05) is 30.3 Å². The topological polar surface area (TPSA) is 114 Å². The maximum Gasteiger partial charge on any atom is 0.337 e. The number of nitrogens with zero attached hydrogens (tertiary/aromatic N) is 1. The molecule has 0 atom stereocenters. The maximum atomic E-state index is 12.8. The summed E-state index contributed by atoms with van der Waals surface area (Å²) in [5.41, 5.74) is 6.12. The monoisotopic (exact) mass is 351 g/mol. The Labute approximate surface area is 148 Å². The molecule has 0 unspecified atom stereocenters. The van der Waals surface area contributed by atoms with Crippen LogP contribution in [0.2, 0.25) is 0 Å². The van der Waals surface area contributed by atoms with Crippen LogP contribution >= 0.6 is 0 Å². The first-order chi connectivity index (χ1) is 12.5. The van der Waals surface area contributed by atoms with Crippen LogP contribution < -0.4 is 16.6 Å². The van der Waals surface area contributed by atoms with Crippen LogP contribution in [0, 0.1) is 0 Å². The average Bonchev–Trinajstić information content (AvgIpc) is 2.62. The summed E-state index contributed by atoms with van der Waals surface area (Å²) in [6.07, 6.45) is 0. The molecule has 26 heavy (non-hydrogen) atoms. The first kappa shape index (κ1) is 17.2. The Morgan fingerprint density at radius 1 is 1.12 bits per heavy atom. The molecule has 3 rings (SSSR count). The Balaban J connectivity index is 2.16. The highest BCUT2D eigenvalue weighted by atomic mass is 16.4. The van der Waals surface area contributed by atoms with Gasteiger partial charge in [-0.2, -0.15) is 0 Å². The number of pyridine rings is 1. The first-order valence-electron chi connectivity index (χ1n) is 8.00. The minimum atomic E-state index is -1.18. The molecule has 0 spiro atoms. The predicted molar refractivity (Wildman–Crippen MR) is 99.6 cm³/mol. The maximum absolute atomic E-state index is 12.8. The largest absolute Gasteiger partial charge is 0.478 e. The molecule has 1 amide bonds. The van der Waals surface area contributed by atoms with Crippen LogP contribution in [-0.2, 0) is 6.54 Å². The van der Waals surface area contributed by atoms with E-state index in [9.17, 15) is 19.5 Å². The molecule has 2 aromatic carbocycles. The molecule has 0 saturated heterocycles. The third-order valence-electron chi connectivity index (χ3n) is 4.16. The number of carboxylic acid groups (broad SMARTS) is 1.